The summed E-state index contributed by atoms with van der Waals surface area (Å²) in [5, 5.41) is 13.0. The third-order valence-corrected chi connectivity index (χ3v) is 3.18. The Morgan fingerprint density at radius 3 is 3.06 bits per heavy atom. The molecule has 0 aromatic heterocycles. The fourth-order valence-electron chi connectivity index (χ4n) is 2.36. The van der Waals surface area contributed by atoms with Crippen LogP contribution in [0.1, 0.15) is 32.6 Å². The first-order chi connectivity index (χ1) is 8.06. The Kier molecular flexibility index (Phi) is 5.88. The monoisotopic (exact) mass is 244 g/mol. The number of nitrogens with two attached hydrogens (primary N) is 1. The van der Waals surface area contributed by atoms with Crippen LogP contribution < -0.4 is 11.1 Å². The van der Waals surface area contributed by atoms with E-state index < -0.39 is 5.60 Å². The highest BCUT2D eigenvalue weighted by molar-refractivity contribution is 5.77. The van der Waals surface area contributed by atoms with Crippen molar-refractivity contribution in [2.75, 3.05) is 26.3 Å². The second kappa shape index (κ2) is 6.93. The van der Waals surface area contributed by atoms with E-state index in [9.17, 15) is 9.90 Å². The van der Waals surface area contributed by atoms with Crippen molar-refractivity contribution in [3.05, 3.63) is 0 Å². The number of aliphatic hydroxyl groups is 1. The summed E-state index contributed by atoms with van der Waals surface area (Å²) in [6.07, 6.45) is 3.71. The molecule has 0 aromatic rings. The first kappa shape index (κ1) is 14.4. The molecule has 4 N–H and O–H groups in total. The number of carbonyl (C=O) groups is 1. The molecule has 0 heterocycles. The van der Waals surface area contributed by atoms with E-state index in [4.69, 9.17) is 10.5 Å². The maximum Gasteiger partial charge on any atom is 0.246 e. The van der Waals surface area contributed by atoms with Crippen LogP contribution in [0.25, 0.3) is 0 Å². The Hall–Kier alpha value is -0.650. The summed E-state index contributed by atoms with van der Waals surface area (Å²) in [7, 11) is 0. The number of rotatable bonds is 6. The highest BCUT2D eigenvalue weighted by atomic mass is 16.5. The second-order valence-corrected chi connectivity index (χ2v) is 5.04. The van der Waals surface area contributed by atoms with Crippen molar-refractivity contribution >= 4 is 5.91 Å². The topological polar surface area (TPSA) is 84.6 Å². The van der Waals surface area contributed by atoms with Gasteiger partial charge in [-0.15, -0.1) is 0 Å². The van der Waals surface area contributed by atoms with E-state index in [0.717, 1.165) is 25.7 Å². The standard InChI is InChI=1S/C12H24N2O3/c1-10-3-2-4-12(16,7-10)9-14-11(15)8-17-6-5-13/h10,16H,2-9,13H2,1H3,(H,14,15). The highest BCUT2D eigenvalue weighted by Gasteiger charge is 2.32. The third-order valence-electron chi connectivity index (χ3n) is 3.18. The first-order valence-corrected chi connectivity index (χ1v) is 6.32. The van der Waals surface area contributed by atoms with E-state index in [1.807, 2.05) is 0 Å². The van der Waals surface area contributed by atoms with Gasteiger partial charge in [-0.3, -0.25) is 4.79 Å². The van der Waals surface area contributed by atoms with E-state index in [1.165, 1.54) is 0 Å². The lowest BCUT2D eigenvalue weighted by Gasteiger charge is -2.35. The summed E-state index contributed by atoms with van der Waals surface area (Å²) in [6, 6.07) is 0. The fraction of sp³-hybridized carbons (Fsp3) is 0.917. The molecule has 0 aliphatic heterocycles. The van der Waals surface area contributed by atoms with E-state index in [-0.39, 0.29) is 12.5 Å². The van der Waals surface area contributed by atoms with Gasteiger partial charge in [-0.2, -0.15) is 0 Å². The van der Waals surface area contributed by atoms with Crippen LogP contribution in [0.5, 0.6) is 0 Å². The normalized spacial score (nSPS) is 29.0. The van der Waals surface area contributed by atoms with Gasteiger partial charge in [0.15, 0.2) is 0 Å². The highest BCUT2D eigenvalue weighted by Crippen LogP contribution is 2.31. The molecule has 0 aromatic carbocycles. The van der Waals surface area contributed by atoms with Crippen molar-refractivity contribution in [2.45, 2.75) is 38.2 Å². The van der Waals surface area contributed by atoms with Gasteiger partial charge < -0.3 is 20.9 Å². The van der Waals surface area contributed by atoms with Crippen LogP contribution in [0.3, 0.4) is 0 Å². The summed E-state index contributed by atoms with van der Waals surface area (Å²) < 4.78 is 5.02. The predicted molar refractivity (Wildman–Crippen MR) is 65.5 cm³/mol. The Balaban J connectivity index is 2.21. The summed E-state index contributed by atoms with van der Waals surface area (Å²) in [6.45, 7) is 3.27. The van der Waals surface area contributed by atoms with Gasteiger partial charge in [0.1, 0.15) is 6.61 Å². The van der Waals surface area contributed by atoms with E-state index in [2.05, 4.69) is 12.2 Å². The molecule has 2 atom stereocenters. The van der Waals surface area contributed by atoms with Gasteiger partial charge in [0, 0.05) is 13.1 Å². The molecule has 0 saturated heterocycles. The maximum absolute atomic E-state index is 11.4. The summed E-state index contributed by atoms with van der Waals surface area (Å²) in [5.74, 6) is 0.337. The first-order valence-electron chi connectivity index (χ1n) is 6.32. The van der Waals surface area contributed by atoms with Crippen molar-refractivity contribution in [1.82, 2.24) is 5.32 Å². The van der Waals surface area contributed by atoms with Crippen LogP contribution >= 0.6 is 0 Å². The zero-order valence-electron chi connectivity index (χ0n) is 10.6. The summed E-state index contributed by atoms with van der Waals surface area (Å²) in [4.78, 5) is 11.4. The molecule has 17 heavy (non-hydrogen) atoms. The molecular formula is C12H24N2O3. The Morgan fingerprint density at radius 2 is 2.41 bits per heavy atom. The van der Waals surface area contributed by atoms with Crippen molar-refractivity contribution in [3.8, 4) is 0 Å². The molecular weight excluding hydrogens is 220 g/mol. The van der Waals surface area contributed by atoms with Gasteiger partial charge in [-0.1, -0.05) is 19.8 Å². The minimum Gasteiger partial charge on any atom is -0.388 e. The van der Waals surface area contributed by atoms with Gasteiger partial charge >= 0.3 is 0 Å². The number of hydrogen-bond donors (Lipinski definition) is 3. The maximum atomic E-state index is 11.4. The third kappa shape index (κ3) is 5.48. The molecule has 1 fully saturated rings. The van der Waals surface area contributed by atoms with Crippen molar-refractivity contribution in [1.29, 1.82) is 0 Å². The lowest BCUT2D eigenvalue weighted by molar-refractivity contribution is -0.127. The average molecular weight is 244 g/mol. The molecule has 0 radical (unpaired) electrons. The zero-order valence-corrected chi connectivity index (χ0v) is 10.6. The van der Waals surface area contributed by atoms with Crippen molar-refractivity contribution in [3.63, 3.8) is 0 Å². The summed E-state index contributed by atoms with van der Waals surface area (Å²) in [5.41, 5.74) is 4.51. The quantitative estimate of drug-likeness (QED) is 0.575. The Labute approximate surface area is 103 Å². The van der Waals surface area contributed by atoms with Crippen LogP contribution in [-0.4, -0.2) is 42.9 Å². The van der Waals surface area contributed by atoms with Gasteiger partial charge in [-0.05, 0) is 18.8 Å². The number of hydrogen-bond acceptors (Lipinski definition) is 4. The van der Waals surface area contributed by atoms with Gasteiger partial charge in [0.2, 0.25) is 5.91 Å². The van der Waals surface area contributed by atoms with Crippen LogP contribution in [-0.2, 0) is 9.53 Å². The van der Waals surface area contributed by atoms with E-state index in [0.29, 0.717) is 25.6 Å². The lowest BCUT2D eigenvalue weighted by Crippen LogP contribution is -2.46. The molecule has 1 saturated carbocycles. The molecule has 5 nitrogen and oxygen atoms in total. The molecule has 5 heteroatoms. The number of ether oxygens (including phenoxy) is 1. The van der Waals surface area contributed by atoms with Gasteiger partial charge in [-0.25, -0.2) is 0 Å². The molecule has 1 rings (SSSR count). The number of carbonyl (C=O) groups excluding carboxylic acids is 1. The number of amides is 1. The Morgan fingerprint density at radius 1 is 1.65 bits per heavy atom. The molecule has 1 aliphatic carbocycles. The van der Waals surface area contributed by atoms with Crippen molar-refractivity contribution in [2.24, 2.45) is 11.7 Å². The van der Waals surface area contributed by atoms with Crippen LogP contribution in [0.2, 0.25) is 0 Å². The van der Waals surface area contributed by atoms with Crippen LogP contribution in [0.15, 0.2) is 0 Å². The van der Waals surface area contributed by atoms with Crippen molar-refractivity contribution < 1.29 is 14.6 Å². The summed E-state index contributed by atoms with van der Waals surface area (Å²) >= 11 is 0. The molecule has 1 amide bonds. The zero-order chi connectivity index (χ0) is 12.7. The predicted octanol–water partition coefficient (Wildman–Crippen LogP) is 0.0191. The van der Waals surface area contributed by atoms with E-state index >= 15 is 0 Å². The van der Waals surface area contributed by atoms with E-state index in [1.54, 1.807) is 0 Å². The van der Waals surface area contributed by atoms with Gasteiger partial charge in [0.05, 0.1) is 12.2 Å². The minimum absolute atomic E-state index is 0.0167. The average Bonchev–Trinajstić information content (AvgIpc) is 2.27. The SMILES string of the molecule is CC1CCCC(O)(CNC(=O)COCCN)C1. The molecule has 0 bridgehead atoms. The molecule has 0 spiro atoms. The molecule has 100 valence electrons. The molecule has 2 unspecified atom stereocenters. The minimum atomic E-state index is -0.735. The van der Waals surface area contributed by atoms with Crippen LogP contribution in [0.4, 0.5) is 0 Å². The van der Waals surface area contributed by atoms with Gasteiger partial charge in [0.25, 0.3) is 0 Å². The fourth-order valence-corrected chi connectivity index (χ4v) is 2.36. The van der Waals surface area contributed by atoms with Crippen LogP contribution in [0, 0.1) is 5.92 Å². The largest absolute Gasteiger partial charge is 0.388 e. The Bertz CT molecular complexity index is 248. The lowest BCUT2D eigenvalue weighted by atomic mass is 9.79. The smallest absolute Gasteiger partial charge is 0.246 e. The number of nitrogens with one attached hydrogen (secondary N) is 1. The molecule has 1 aliphatic rings. The second-order valence-electron chi connectivity index (χ2n) is 5.04.